The van der Waals surface area contributed by atoms with Crippen molar-refractivity contribution < 1.29 is 20.5 Å². The molecule has 2 heterocycles. The van der Waals surface area contributed by atoms with Crippen LogP contribution in [0.15, 0.2) is 47.7 Å². The zero-order valence-corrected chi connectivity index (χ0v) is 15.6. The van der Waals surface area contributed by atoms with E-state index >= 15 is 0 Å². The van der Waals surface area contributed by atoms with E-state index < -0.39 is 48.9 Å². The third kappa shape index (κ3) is 4.17. The van der Waals surface area contributed by atoms with Crippen molar-refractivity contribution in [1.82, 2.24) is 4.90 Å². The maximum Gasteiger partial charge on any atom is 0.229 e. The summed E-state index contributed by atoms with van der Waals surface area (Å²) in [6.45, 7) is 3.17. The average Bonchev–Trinajstić information content (AvgIpc) is 3.31. The molecule has 1 aromatic carbocycles. The second kappa shape index (κ2) is 8.80. The van der Waals surface area contributed by atoms with Gasteiger partial charge in [0.25, 0.3) is 0 Å². The first-order valence-electron chi connectivity index (χ1n) is 12.7. The van der Waals surface area contributed by atoms with Crippen molar-refractivity contribution in [2.24, 2.45) is 0 Å². The molecule has 0 aliphatic carbocycles. The molecule has 0 N–H and O–H groups in total. The minimum atomic E-state index is -2.86. The minimum Gasteiger partial charge on any atom is -0.358 e. The Kier molecular flexibility index (Phi) is 3.80. The van der Waals surface area contributed by atoms with Crippen molar-refractivity contribution >= 4 is 22.9 Å². The molecule has 1 aliphatic rings. The predicted octanol–water partition coefficient (Wildman–Crippen LogP) is 4.17. The van der Waals surface area contributed by atoms with Crippen LogP contribution in [0.4, 0.5) is 5.69 Å². The van der Waals surface area contributed by atoms with Crippen LogP contribution in [-0.4, -0.2) is 43.2 Å². The van der Waals surface area contributed by atoms with Crippen LogP contribution in [0.25, 0.3) is 0 Å². The van der Waals surface area contributed by atoms with Gasteiger partial charge in [0.2, 0.25) is 5.91 Å². The number of nitrogens with zero attached hydrogens (tertiary/aromatic N) is 2. The summed E-state index contributed by atoms with van der Waals surface area (Å²) in [6, 6.07) is 1.13. The number of anilines is 1. The van der Waals surface area contributed by atoms with Gasteiger partial charge in [-0.1, -0.05) is 31.1 Å². The van der Waals surface area contributed by atoms with Crippen LogP contribution in [0.3, 0.4) is 0 Å². The SMILES string of the molecule is [2H]c1c([2H])c([2H])c(N(C(=O)CC)C2(OC([2H])([2H])[2H])CCN(CCc3cccs3)CC2)c([2H])c1[2H]. The van der Waals surface area contributed by atoms with Gasteiger partial charge in [-0.3, -0.25) is 9.69 Å². The Hall–Kier alpha value is -1.69. The van der Waals surface area contributed by atoms with Crippen LogP contribution in [-0.2, 0) is 16.0 Å². The van der Waals surface area contributed by atoms with E-state index in [0.29, 0.717) is 13.1 Å². The maximum absolute atomic E-state index is 13.2. The molecule has 1 aliphatic heterocycles. The van der Waals surface area contributed by atoms with Gasteiger partial charge in [0.1, 0.15) is 5.72 Å². The highest BCUT2D eigenvalue weighted by molar-refractivity contribution is 7.09. The van der Waals surface area contributed by atoms with E-state index in [4.69, 9.17) is 15.7 Å². The van der Waals surface area contributed by atoms with E-state index in [-0.39, 0.29) is 24.9 Å². The largest absolute Gasteiger partial charge is 0.358 e. The van der Waals surface area contributed by atoms with Gasteiger partial charge in [-0.2, -0.15) is 0 Å². The first kappa shape index (κ1) is 11.2. The number of hydrogen-bond donors (Lipinski definition) is 0. The van der Waals surface area contributed by atoms with E-state index in [1.54, 1.807) is 18.3 Å². The summed E-state index contributed by atoms with van der Waals surface area (Å²) in [5.74, 6) is -0.574. The lowest BCUT2D eigenvalue weighted by Crippen LogP contribution is -2.59. The molecule has 1 fully saturated rings. The number of likely N-dealkylation sites (tertiary alicyclic amines) is 1. The van der Waals surface area contributed by atoms with Crippen LogP contribution in [0, 0.1) is 0 Å². The van der Waals surface area contributed by atoms with Crippen molar-refractivity contribution in [3.8, 4) is 0 Å². The Morgan fingerprint density at radius 3 is 2.77 bits per heavy atom. The number of piperidine rings is 1. The molecule has 3 rings (SSSR count). The second-order valence-corrected chi connectivity index (χ2v) is 7.31. The molecule has 1 amide bonds. The van der Waals surface area contributed by atoms with Crippen LogP contribution in [0.1, 0.15) is 42.0 Å². The van der Waals surface area contributed by atoms with Gasteiger partial charge in [0.05, 0.1) is 11.0 Å². The highest BCUT2D eigenvalue weighted by Gasteiger charge is 2.42. The van der Waals surface area contributed by atoms with Crippen LogP contribution in [0.2, 0.25) is 0 Å². The van der Waals surface area contributed by atoms with Gasteiger partial charge < -0.3 is 9.64 Å². The molecule has 140 valence electrons. The van der Waals surface area contributed by atoms with Gasteiger partial charge in [-0.25, -0.2) is 0 Å². The molecule has 26 heavy (non-hydrogen) atoms. The summed E-state index contributed by atoms with van der Waals surface area (Å²) in [6.07, 6.45) is 1.01. The lowest BCUT2D eigenvalue weighted by molar-refractivity contribution is -0.128. The lowest BCUT2D eigenvalue weighted by atomic mass is 9.96. The van der Waals surface area contributed by atoms with Crippen molar-refractivity contribution in [2.75, 3.05) is 31.6 Å². The fourth-order valence-electron chi connectivity index (χ4n) is 3.29. The number of benzene rings is 1. The normalized spacial score (nSPS) is 22.0. The monoisotopic (exact) mass is 380 g/mol. The smallest absolute Gasteiger partial charge is 0.229 e. The van der Waals surface area contributed by atoms with Gasteiger partial charge in [0, 0.05) is 56.5 Å². The molecule has 5 heteroatoms. The van der Waals surface area contributed by atoms with E-state index in [1.807, 2.05) is 11.4 Å². The Labute approximate surface area is 171 Å². The molecule has 1 aromatic heterocycles. The molecule has 2 aromatic rings. The van der Waals surface area contributed by atoms with E-state index in [0.717, 1.165) is 17.9 Å². The summed E-state index contributed by atoms with van der Waals surface area (Å²) in [7, 11) is -2.86. The van der Waals surface area contributed by atoms with Crippen LogP contribution < -0.4 is 4.90 Å². The third-order valence-corrected chi connectivity index (χ3v) is 5.69. The molecule has 0 bridgehead atoms. The molecular formula is C21H28N2O2S. The number of thiophene rings is 1. The van der Waals surface area contributed by atoms with Gasteiger partial charge in [-0.15, -0.1) is 11.3 Å². The molecule has 0 spiro atoms. The number of carbonyl (C=O) groups is 1. The van der Waals surface area contributed by atoms with Gasteiger partial charge in [-0.05, 0) is 30.0 Å². The number of carbonyl (C=O) groups excluding carboxylic acids is 1. The predicted molar refractivity (Wildman–Crippen MR) is 108 cm³/mol. The molecule has 0 saturated carbocycles. The molecule has 0 atom stereocenters. The Balaban J connectivity index is 2.01. The number of methoxy groups -OCH3 is 1. The number of ether oxygens (including phenoxy) is 1. The fraction of sp³-hybridized carbons (Fsp3) is 0.476. The van der Waals surface area contributed by atoms with Crippen molar-refractivity contribution in [3.05, 3.63) is 52.6 Å². The first-order chi connectivity index (χ1) is 15.9. The number of rotatable bonds is 7. The Bertz CT molecular complexity index is 992. The number of para-hydroxylation sites is 1. The summed E-state index contributed by atoms with van der Waals surface area (Å²) in [5, 5.41) is 2.01. The molecule has 1 saturated heterocycles. The molecule has 4 nitrogen and oxygen atoms in total. The summed E-state index contributed by atoms with van der Waals surface area (Å²) >= 11 is 1.66. The highest BCUT2D eigenvalue weighted by atomic mass is 32.1. The van der Waals surface area contributed by atoms with E-state index in [2.05, 4.69) is 11.0 Å². The van der Waals surface area contributed by atoms with Gasteiger partial charge >= 0.3 is 0 Å². The van der Waals surface area contributed by atoms with Crippen molar-refractivity contribution in [1.29, 1.82) is 0 Å². The summed E-state index contributed by atoms with van der Waals surface area (Å²) in [4.78, 5) is 17.6. The zero-order valence-electron chi connectivity index (χ0n) is 22.8. The maximum atomic E-state index is 13.2. The Morgan fingerprint density at radius 1 is 1.38 bits per heavy atom. The van der Waals surface area contributed by atoms with Crippen molar-refractivity contribution in [2.45, 2.75) is 38.3 Å². The summed E-state index contributed by atoms with van der Waals surface area (Å²) < 4.78 is 69.6. The number of hydrogen-bond acceptors (Lipinski definition) is 4. The van der Waals surface area contributed by atoms with Gasteiger partial charge in [0.15, 0.2) is 0 Å². The van der Waals surface area contributed by atoms with Crippen LogP contribution >= 0.6 is 11.3 Å². The summed E-state index contributed by atoms with van der Waals surface area (Å²) in [5.41, 5.74) is -2.03. The zero-order chi connectivity index (χ0) is 25.3. The third-order valence-electron chi connectivity index (χ3n) is 4.75. The number of amides is 1. The van der Waals surface area contributed by atoms with Crippen LogP contribution in [0.5, 0.6) is 0 Å². The van der Waals surface area contributed by atoms with Crippen molar-refractivity contribution in [3.63, 3.8) is 0 Å². The average molecular weight is 381 g/mol. The second-order valence-electron chi connectivity index (χ2n) is 6.28. The standard InChI is InChI=1S/C21H28N2O2S/c1-3-20(24)23(18-8-5-4-6-9-18)21(25-2)12-15-22(16-13-21)14-11-19-10-7-17-26-19/h4-10,17H,3,11-16H2,1-2H3/i2D3,4D,5D,6D,8D,9D. The molecule has 0 unspecified atom stereocenters. The lowest BCUT2D eigenvalue weighted by Gasteiger charge is -2.47. The molecule has 0 radical (unpaired) electrons. The highest BCUT2D eigenvalue weighted by Crippen LogP contribution is 2.34. The fourth-order valence-corrected chi connectivity index (χ4v) is 3.99. The Morgan fingerprint density at radius 2 is 2.15 bits per heavy atom. The van der Waals surface area contributed by atoms with E-state index in [1.165, 1.54) is 4.88 Å². The molecular weight excluding hydrogens is 344 g/mol. The minimum absolute atomic E-state index is 0.0592. The van der Waals surface area contributed by atoms with E-state index in [9.17, 15) is 4.79 Å². The quantitative estimate of drug-likeness (QED) is 0.676. The topological polar surface area (TPSA) is 32.8 Å². The first-order valence-corrected chi connectivity index (χ1v) is 9.63.